The zero-order valence-corrected chi connectivity index (χ0v) is 16.4. The molecule has 3 rings (SSSR count). The summed E-state index contributed by atoms with van der Waals surface area (Å²) in [4.78, 5) is 27.1. The van der Waals surface area contributed by atoms with E-state index < -0.39 is 0 Å². The van der Waals surface area contributed by atoms with Gasteiger partial charge in [0.2, 0.25) is 0 Å². The molecule has 0 aliphatic carbocycles. The molecule has 146 valence electrons. The van der Waals surface area contributed by atoms with Crippen molar-refractivity contribution in [2.75, 3.05) is 19.7 Å². The molecule has 1 fully saturated rings. The fourth-order valence-corrected chi connectivity index (χ4v) is 3.61. The number of carbonyl (C=O) groups excluding carboxylic acids is 2. The number of amides is 1. The molecule has 1 aromatic carbocycles. The van der Waals surface area contributed by atoms with Crippen molar-refractivity contribution in [2.45, 2.75) is 33.1 Å². The topological polar surface area (TPSA) is 75.3 Å². The Bertz CT molecular complexity index is 893. The molecule has 1 aliphatic heterocycles. The third kappa shape index (κ3) is 3.94. The number of rotatable bonds is 5. The minimum atomic E-state index is -0.310. The van der Waals surface area contributed by atoms with Gasteiger partial charge in [-0.15, -0.1) is 0 Å². The largest absolute Gasteiger partial charge is 0.466 e. The first-order chi connectivity index (χ1) is 13.6. The summed E-state index contributed by atoms with van der Waals surface area (Å²) in [6, 6.07) is 11.7. The molecular weight excluding hydrogens is 354 g/mol. The van der Waals surface area contributed by atoms with Crippen LogP contribution in [0.25, 0.3) is 5.69 Å². The van der Waals surface area contributed by atoms with Gasteiger partial charge in [0, 0.05) is 25.0 Å². The average molecular weight is 379 g/mol. The summed E-state index contributed by atoms with van der Waals surface area (Å²) in [7, 11) is 0. The molecule has 2 aromatic rings. The van der Waals surface area contributed by atoms with E-state index in [4.69, 9.17) is 4.74 Å². The monoisotopic (exact) mass is 379 g/mol. The third-order valence-corrected chi connectivity index (χ3v) is 5.16. The molecule has 6 heteroatoms. The first-order valence-electron chi connectivity index (χ1n) is 9.75. The summed E-state index contributed by atoms with van der Waals surface area (Å²) in [6.45, 7) is 5.09. The van der Waals surface area contributed by atoms with E-state index in [9.17, 15) is 14.9 Å². The summed E-state index contributed by atoms with van der Waals surface area (Å²) >= 11 is 0. The Morgan fingerprint density at radius 2 is 1.96 bits per heavy atom. The standard InChI is InChI=1S/C22H25N3O3/c1-3-16-7-9-19(10-8-16)25-13-11-17(14-23)20(25)21(26)24-12-5-6-18(15-24)22(27)28-4-2/h7-11,13,18H,3-6,12,15H2,1-2H3. The fourth-order valence-electron chi connectivity index (χ4n) is 3.61. The molecule has 1 atom stereocenters. The lowest BCUT2D eigenvalue weighted by Crippen LogP contribution is -2.43. The van der Waals surface area contributed by atoms with Gasteiger partial charge in [-0.05, 0) is 49.9 Å². The smallest absolute Gasteiger partial charge is 0.310 e. The van der Waals surface area contributed by atoms with Crippen LogP contribution in [0.4, 0.5) is 0 Å². The highest BCUT2D eigenvalue weighted by Gasteiger charge is 2.32. The molecular formula is C22H25N3O3. The van der Waals surface area contributed by atoms with Gasteiger partial charge in [-0.3, -0.25) is 9.59 Å². The van der Waals surface area contributed by atoms with Crippen LogP contribution in [-0.2, 0) is 16.0 Å². The molecule has 0 saturated carbocycles. The van der Waals surface area contributed by atoms with Crippen LogP contribution in [0, 0.1) is 17.2 Å². The normalized spacial score (nSPS) is 16.5. The molecule has 0 radical (unpaired) electrons. The molecule has 1 unspecified atom stereocenters. The molecule has 2 heterocycles. The average Bonchev–Trinajstić information content (AvgIpc) is 3.17. The number of aryl methyl sites for hydroxylation is 1. The van der Waals surface area contributed by atoms with Crippen LogP contribution in [0.15, 0.2) is 36.5 Å². The lowest BCUT2D eigenvalue weighted by Gasteiger charge is -2.31. The number of hydrogen-bond donors (Lipinski definition) is 0. The Labute approximate surface area is 165 Å². The van der Waals surface area contributed by atoms with Gasteiger partial charge in [0.15, 0.2) is 0 Å². The second kappa shape index (κ2) is 8.75. The molecule has 0 N–H and O–H groups in total. The number of nitriles is 1. The van der Waals surface area contributed by atoms with Crippen molar-refractivity contribution >= 4 is 11.9 Å². The highest BCUT2D eigenvalue weighted by Crippen LogP contribution is 2.24. The van der Waals surface area contributed by atoms with E-state index in [1.54, 1.807) is 28.7 Å². The number of likely N-dealkylation sites (tertiary alicyclic amines) is 1. The van der Waals surface area contributed by atoms with Gasteiger partial charge < -0.3 is 14.2 Å². The second-order valence-electron chi connectivity index (χ2n) is 6.92. The molecule has 0 spiro atoms. The van der Waals surface area contributed by atoms with Gasteiger partial charge in [-0.2, -0.15) is 5.26 Å². The second-order valence-corrected chi connectivity index (χ2v) is 6.92. The van der Waals surface area contributed by atoms with Crippen molar-refractivity contribution in [1.29, 1.82) is 5.26 Å². The first kappa shape index (κ1) is 19.7. The molecule has 1 saturated heterocycles. The lowest BCUT2D eigenvalue weighted by atomic mass is 9.97. The molecule has 1 aliphatic rings. The molecule has 1 amide bonds. The lowest BCUT2D eigenvalue weighted by molar-refractivity contribution is -0.149. The zero-order valence-electron chi connectivity index (χ0n) is 16.4. The Morgan fingerprint density at radius 1 is 1.21 bits per heavy atom. The summed E-state index contributed by atoms with van der Waals surface area (Å²) in [5.41, 5.74) is 2.72. The Morgan fingerprint density at radius 3 is 2.61 bits per heavy atom. The number of hydrogen-bond acceptors (Lipinski definition) is 4. The Balaban J connectivity index is 1.89. The van der Waals surface area contributed by atoms with Crippen molar-refractivity contribution in [3.05, 3.63) is 53.3 Å². The van der Waals surface area contributed by atoms with Crippen LogP contribution in [0.5, 0.6) is 0 Å². The van der Waals surface area contributed by atoms with Crippen molar-refractivity contribution in [3.63, 3.8) is 0 Å². The van der Waals surface area contributed by atoms with Crippen LogP contribution in [0.1, 0.15) is 48.3 Å². The van der Waals surface area contributed by atoms with E-state index >= 15 is 0 Å². The van der Waals surface area contributed by atoms with Crippen LogP contribution < -0.4 is 0 Å². The van der Waals surface area contributed by atoms with Gasteiger partial charge in [-0.25, -0.2) is 0 Å². The summed E-state index contributed by atoms with van der Waals surface area (Å²) < 4.78 is 6.88. The fraction of sp³-hybridized carbons (Fsp3) is 0.409. The van der Waals surface area contributed by atoms with Crippen LogP contribution in [-0.4, -0.2) is 41.0 Å². The highest BCUT2D eigenvalue weighted by atomic mass is 16.5. The van der Waals surface area contributed by atoms with E-state index in [2.05, 4.69) is 13.0 Å². The minimum Gasteiger partial charge on any atom is -0.466 e. The van der Waals surface area contributed by atoms with E-state index in [0.29, 0.717) is 37.4 Å². The van der Waals surface area contributed by atoms with Crippen molar-refractivity contribution < 1.29 is 14.3 Å². The van der Waals surface area contributed by atoms with Crippen LogP contribution in [0.2, 0.25) is 0 Å². The van der Waals surface area contributed by atoms with Gasteiger partial charge >= 0.3 is 5.97 Å². The predicted molar refractivity (Wildman–Crippen MR) is 105 cm³/mol. The zero-order chi connectivity index (χ0) is 20.1. The number of benzene rings is 1. The molecule has 0 bridgehead atoms. The van der Waals surface area contributed by atoms with Gasteiger partial charge in [0.25, 0.3) is 5.91 Å². The maximum atomic E-state index is 13.3. The Kier molecular flexibility index (Phi) is 6.15. The number of esters is 1. The van der Waals surface area contributed by atoms with Crippen LogP contribution >= 0.6 is 0 Å². The van der Waals surface area contributed by atoms with Crippen molar-refractivity contribution in [3.8, 4) is 11.8 Å². The maximum Gasteiger partial charge on any atom is 0.310 e. The minimum absolute atomic E-state index is 0.227. The summed E-state index contributed by atoms with van der Waals surface area (Å²) in [6.07, 6.45) is 4.14. The molecule has 1 aromatic heterocycles. The van der Waals surface area contributed by atoms with Crippen LogP contribution in [0.3, 0.4) is 0 Å². The number of piperidine rings is 1. The first-order valence-corrected chi connectivity index (χ1v) is 9.75. The van der Waals surface area contributed by atoms with E-state index in [1.165, 1.54) is 5.56 Å². The van der Waals surface area contributed by atoms with Gasteiger partial charge in [0.05, 0.1) is 18.1 Å². The van der Waals surface area contributed by atoms with Crippen molar-refractivity contribution in [1.82, 2.24) is 9.47 Å². The highest BCUT2D eigenvalue weighted by molar-refractivity contribution is 5.96. The number of ether oxygens (including phenoxy) is 1. The van der Waals surface area contributed by atoms with E-state index in [-0.39, 0.29) is 17.8 Å². The molecule has 6 nitrogen and oxygen atoms in total. The maximum absolute atomic E-state index is 13.3. The number of aromatic nitrogens is 1. The summed E-state index contributed by atoms with van der Waals surface area (Å²) in [5, 5.41) is 9.51. The quantitative estimate of drug-likeness (QED) is 0.747. The number of carbonyl (C=O) groups is 2. The summed E-state index contributed by atoms with van der Waals surface area (Å²) in [5.74, 6) is -0.795. The number of nitrogens with zero attached hydrogens (tertiary/aromatic N) is 3. The van der Waals surface area contributed by atoms with E-state index in [1.807, 2.05) is 24.3 Å². The Hall–Kier alpha value is -3.07. The third-order valence-electron chi connectivity index (χ3n) is 5.16. The van der Waals surface area contributed by atoms with Gasteiger partial charge in [-0.1, -0.05) is 19.1 Å². The SMILES string of the molecule is CCOC(=O)C1CCCN(C(=O)c2c(C#N)ccn2-c2ccc(CC)cc2)C1. The predicted octanol–water partition coefficient (Wildman–Crippen LogP) is 3.33. The molecule has 28 heavy (non-hydrogen) atoms. The van der Waals surface area contributed by atoms with E-state index in [0.717, 1.165) is 18.5 Å². The van der Waals surface area contributed by atoms with Gasteiger partial charge in [0.1, 0.15) is 11.8 Å². The van der Waals surface area contributed by atoms with Crippen molar-refractivity contribution in [2.24, 2.45) is 5.92 Å².